The summed E-state index contributed by atoms with van der Waals surface area (Å²) in [5.41, 5.74) is 0.179. The summed E-state index contributed by atoms with van der Waals surface area (Å²) in [6.45, 7) is 9.31. The van der Waals surface area contributed by atoms with Crippen LogP contribution in [0.15, 0.2) is 0 Å². The molecule has 1 N–H and O–H groups in total. The lowest BCUT2D eigenvalue weighted by molar-refractivity contribution is -0.0257. The van der Waals surface area contributed by atoms with Crippen LogP contribution in [0.25, 0.3) is 0 Å². The van der Waals surface area contributed by atoms with Crippen LogP contribution in [0.1, 0.15) is 65.7 Å². The average Bonchev–Trinajstić information content (AvgIpc) is 2.85. The van der Waals surface area contributed by atoms with E-state index in [0.717, 1.165) is 32.1 Å². The van der Waals surface area contributed by atoms with Crippen molar-refractivity contribution in [3.05, 3.63) is 0 Å². The predicted molar refractivity (Wildman–Crippen MR) is 83.0 cm³/mol. The summed E-state index contributed by atoms with van der Waals surface area (Å²) < 4.78 is 12.0. The van der Waals surface area contributed by atoms with Gasteiger partial charge >= 0.3 is 0 Å². The smallest absolute Gasteiger partial charge is 0.0813 e. The Balaban J connectivity index is 1.54. The number of hydrogen-bond acceptors (Lipinski definition) is 3. The van der Waals surface area contributed by atoms with Crippen LogP contribution in [0.4, 0.5) is 0 Å². The Labute approximate surface area is 124 Å². The molecule has 20 heavy (non-hydrogen) atoms. The van der Waals surface area contributed by atoms with Crippen molar-refractivity contribution >= 4 is 0 Å². The molecular formula is C17H33NO2. The van der Waals surface area contributed by atoms with Crippen LogP contribution in [-0.2, 0) is 9.47 Å². The highest BCUT2D eigenvalue weighted by Crippen LogP contribution is 2.25. The second kappa shape index (κ2) is 7.77. The van der Waals surface area contributed by atoms with E-state index in [-0.39, 0.29) is 5.54 Å². The molecule has 0 bridgehead atoms. The molecule has 0 aromatic rings. The third-order valence-electron chi connectivity index (χ3n) is 4.44. The van der Waals surface area contributed by atoms with Gasteiger partial charge in [0.2, 0.25) is 0 Å². The van der Waals surface area contributed by atoms with Crippen LogP contribution < -0.4 is 5.32 Å². The van der Waals surface area contributed by atoms with Gasteiger partial charge < -0.3 is 14.8 Å². The van der Waals surface area contributed by atoms with Crippen LogP contribution in [0.2, 0.25) is 0 Å². The van der Waals surface area contributed by atoms with Crippen LogP contribution in [0, 0.1) is 5.92 Å². The molecule has 1 aliphatic heterocycles. The normalized spacial score (nSPS) is 28.9. The third kappa shape index (κ3) is 6.11. The van der Waals surface area contributed by atoms with Crippen LogP contribution >= 0.6 is 0 Å². The molecule has 2 fully saturated rings. The summed E-state index contributed by atoms with van der Waals surface area (Å²) in [7, 11) is 0. The fraction of sp³-hybridized carbons (Fsp3) is 1.00. The summed E-state index contributed by atoms with van der Waals surface area (Å²) in [4.78, 5) is 0. The van der Waals surface area contributed by atoms with Crippen LogP contribution in [-0.4, -0.2) is 37.5 Å². The van der Waals surface area contributed by atoms with Crippen molar-refractivity contribution in [3.63, 3.8) is 0 Å². The minimum atomic E-state index is 0.179. The summed E-state index contributed by atoms with van der Waals surface area (Å²) in [6, 6.07) is 0. The van der Waals surface area contributed by atoms with Gasteiger partial charge in [0.25, 0.3) is 0 Å². The van der Waals surface area contributed by atoms with Gasteiger partial charge in [0, 0.05) is 18.7 Å². The highest BCUT2D eigenvalue weighted by Gasteiger charge is 2.26. The Bertz CT molecular complexity index is 269. The Morgan fingerprint density at radius 1 is 0.950 bits per heavy atom. The van der Waals surface area contributed by atoms with E-state index in [2.05, 4.69) is 26.1 Å². The molecule has 2 rings (SSSR count). The highest BCUT2D eigenvalue weighted by atomic mass is 16.5. The largest absolute Gasteiger partial charge is 0.378 e. The van der Waals surface area contributed by atoms with Gasteiger partial charge in [-0.3, -0.25) is 0 Å². The van der Waals surface area contributed by atoms with Gasteiger partial charge in [0.15, 0.2) is 0 Å². The van der Waals surface area contributed by atoms with Crippen molar-refractivity contribution in [1.29, 1.82) is 0 Å². The first kappa shape index (κ1) is 16.3. The molecule has 2 aliphatic rings. The molecule has 0 aromatic carbocycles. The molecule has 0 amide bonds. The molecule has 3 nitrogen and oxygen atoms in total. The highest BCUT2D eigenvalue weighted by molar-refractivity contribution is 4.79. The SMILES string of the molecule is CC(C)(C)NCC1CCC(COCC2CCCCC2)O1. The fourth-order valence-electron chi connectivity index (χ4n) is 3.19. The minimum Gasteiger partial charge on any atom is -0.378 e. The lowest BCUT2D eigenvalue weighted by atomic mass is 9.90. The molecule has 1 aliphatic carbocycles. The molecule has 1 saturated heterocycles. The van der Waals surface area contributed by atoms with Crippen LogP contribution in [0.5, 0.6) is 0 Å². The second-order valence-corrected chi connectivity index (χ2v) is 7.63. The lowest BCUT2D eigenvalue weighted by Gasteiger charge is -2.24. The molecule has 3 heteroatoms. The molecule has 0 radical (unpaired) electrons. The van der Waals surface area contributed by atoms with E-state index in [1.165, 1.54) is 38.5 Å². The quantitative estimate of drug-likeness (QED) is 0.809. The zero-order valence-corrected chi connectivity index (χ0v) is 13.6. The topological polar surface area (TPSA) is 30.5 Å². The molecular weight excluding hydrogens is 250 g/mol. The molecule has 1 saturated carbocycles. The number of hydrogen-bond donors (Lipinski definition) is 1. The monoisotopic (exact) mass is 283 g/mol. The minimum absolute atomic E-state index is 0.179. The van der Waals surface area contributed by atoms with E-state index in [0.29, 0.717) is 12.2 Å². The van der Waals surface area contributed by atoms with Gasteiger partial charge in [-0.2, -0.15) is 0 Å². The first-order valence-corrected chi connectivity index (χ1v) is 8.51. The Kier molecular flexibility index (Phi) is 6.31. The van der Waals surface area contributed by atoms with E-state index in [1.807, 2.05) is 0 Å². The van der Waals surface area contributed by atoms with E-state index in [4.69, 9.17) is 9.47 Å². The Morgan fingerprint density at radius 2 is 1.65 bits per heavy atom. The van der Waals surface area contributed by atoms with Crippen LogP contribution in [0.3, 0.4) is 0 Å². The van der Waals surface area contributed by atoms with E-state index >= 15 is 0 Å². The molecule has 118 valence electrons. The summed E-state index contributed by atoms with van der Waals surface area (Å²) >= 11 is 0. The first-order valence-electron chi connectivity index (χ1n) is 8.51. The van der Waals surface area contributed by atoms with Crippen molar-refractivity contribution < 1.29 is 9.47 Å². The number of rotatable bonds is 6. The van der Waals surface area contributed by atoms with E-state index in [9.17, 15) is 0 Å². The summed E-state index contributed by atoms with van der Waals surface area (Å²) in [5.74, 6) is 0.809. The van der Waals surface area contributed by atoms with E-state index < -0.39 is 0 Å². The molecule has 2 unspecified atom stereocenters. The number of ether oxygens (including phenoxy) is 2. The number of nitrogens with one attached hydrogen (secondary N) is 1. The predicted octanol–water partition coefficient (Wildman–Crippen LogP) is 3.52. The maximum Gasteiger partial charge on any atom is 0.0813 e. The molecule has 1 heterocycles. The maximum absolute atomic E-state index is 6.06. The second-order valence-electron chi connectivity index (χ2n) is 7.63. The Morgan fingerprint density at radius 3 is 2.35 bits per heavy atom. The van der Waals surface area contributed by atoms with Gasteiger partial charge in [0.1, 0.15) is 0 Å². The Hall–Kier alpha value is -0.120. The molecule has 2 atom stereocenters. The summed E-state index contributed by atoms with van der Waals surface area (Å²) in [6.07, 6.45) is 9.96. The average molecular weight is 283 g/mol. The third-order valence-corrected chi connectivity index (χ3v) is 4.44. The van der Waals surface area contributed by atoms with Crippen molar-refractivity contribution in [2.24, 2.45) is 5.92 Å². The van der Waals surface area contributed by atoms with E-state index in [1.54, 1.807) is 0 Å². The molecule has 0 aromatic heterocycles. The fourth-order valence-corrected chi connectivity index (χ4v) is 3.19. The van der Waals surface area contributed by atoms with Gasteiger partial charge in [-0.05, 0) is 52.4 Å². The van der Waals surface area contributed by atoms with Gasteiger partial charge in [0.05, 0.1) is 18.8 Å². The van der Waals surface area contributed by atoms with Gasteiger partial charge in [-0.25, -0.2) is 0 Å². The standard InChI is InChI=1S/C17H33NO2/c1-17(2,3)18-11-15-9-10-16(20-15)13-19-12-14-7-5-4-6-8-14/h14-16,18H,4-13H2,1-3H3. The zero-order valence-electron chi connectivity index (χ0n) is 13.6. The zero-order chi connectivity index (χ0) is 14.4. The maximum atomic E-state index is 6.06. The lowest BCUT2D eigenvalue weighted by Crippen LogP contribution is -2.41. The van der Waals surface area contributed by atoms with Gasteiger partial charge in [-0.15, -0.1) is 0 Å². The summed E-state index contributed by atoms with van der Waals surface area (Å²) in [5, 5.41) is 3.53. The molecule has 0 spiro atoms. The first-order chi connectivity index (χ1) is 9.53. The van der Waals surface area contributed by atoms with Crippen molar-refractivity contribution in [1.82, 2.24) is 5.32 Å². The van der Waals surface area contributed by atoms with Crippen molar-refractivity contribution in [2.45, 2.75) is 83.5 Å². The van der Waals surface area contributed by atoms with Gasteiger partial charge in [-0.1, -0.05) is 19.3 Å². The van der Waals surface area contributed by atoms with Crippen molar-refractivity contribution in [2.75, 3.05) is 19.8 Å². The van der Waals surface area contributed by atoms with Crippen molar-refractivity contribution in [3.8, 4) is 0 Å².